The fourth-order valence-corrected chi connectivity index (χ4v) is 4.96. The summed E-state index contributed by atoms with van der Waals surface area (Å²) in [6.07, 6.45) is 0.594. The number of methoxy groups -OCH3 is 2. The Bertz CT molecular complexity index is 1580. The fraction of sp³-hybridized carbons (Fsp3) is 0.200. The van der Waals surface area contributed by atoms with Crippen LogP contribution < -0.4 is 20.5 Å². The molecular formula is C30H28N4O5. The van der Waals surface area contributed by atoms with E-state index in [0.29, 0.717) is 30.2 Å². The van der Waals surface area contributed by atoms with Crippen LogP contribution in [0.5, 0.6) is 5.75 Å². The summed E-state index contributed by atoms with van der Waals surface area (Å²) >= 11 is 0. The fourth-order valence-electron chi connectivity index (χ4n) is 4.96. The molecule has 3 aromatic carbocycles. The van der Waals surface area contributed by atoms with E-state index in [-0.39, 0.29) is 17.5 Å². The van der Waals surface area contributed by atoms with Gasteiger partial charge >= 0.3 is 5.97 Å². The number of anilines is 2. The average molecular weight is 525 g/mol. The molecule has 9 nitrogen and oxygen atoms in total. The Kier molecular flexibility index (Phi) is 7.14. The molecule has 0 saturated carbocycles. The second kappa shape index (κ2) is 10.8. The standard InChI is InChI=1S/C30H28N4O5/c1-33-28(36)26(38-2)24(27(35)31-22-12-8-5-9-13-22)32-30(33)34-17-16-20-18-21(29(37)39-3)14-15-23(20)25(34)19-10-6-4-7-11-19/h4-15,18,25H,16-17H2,1-3H3,(H,31,35)/t25-/m0/s1. The van der Waals surface area contributed by atoms with Crippen molar-refractivity contribution >= 4 is 23.5 Å². The molecule has 39 heavy (non-hydrogen) atoms. The van der Waals surface area contributed by atoms with Crippen molar-refractivity contribution in [2.24, 2.45) is 7.05 Å². The Morgan fingerprint density at radius 1 is 0.974 bits per heavy atom. The summed E-state index contributed by atoms with van der Waals surface area (Å²) in [5.41, 5.74) is 3.43. The van der Waals surface area contributed by atoms with Crippen LogP contribution in [0.25, 0.3) is 0 Å². The molecule has 2 heterocycles. The number of benzene rings is 3. The van der Waals surface area contributed by atoms with Gasteiger partial charge in [-0.3, -0.25) is 14.2 Å². The number of ether oxygens (including phenoxy) is 2. The summed E-state index contributed by atoms with van der Waals surface area (Å²) in [6.45, 7) is 0.490. The lowest BCUT2D eigenvalue weighted by Gasteiger charge is -2.39. The van der Waals surface area contributed by atoms with Gasteiger partial charge < -0.3 is 19.7 Å². The zero-order valence-corrected chi connectivity index (χ0v) is 21.9. The van der Waals surface area contributed by atoms with E-state index in [1.165, 1.54) is 18.8 Å². The lowest BCUT2D eigenvalue weighted by atomic mass is 9.87. The van der Waals surface area contributed by atoms with Crippen LogP contribution in [0.4, 0.5) is 11.6 Å². The molecule has 1 amide bonds. The first-order valence-corrected chi connectivity index (χ1v) is 12.5. The molecule has 1 atom stereocenters. The van der Waals surface area contributed by atoms with Crippen molar-refractivity contribution in [3.8, 4) is 5.75 Å². The SMILES string of the molecule is COC(=O)c1ccc2c(c1)CCN(c1nc(C(=O)Nc3ccccc3)c(OC)c(=O)n1C)[C@H]2c1ccccc1. The summed E-state index contributed by atoms with van der Waals surface area (Å²) in [5, 5.41) is 2.80. The second-order valence-electron chi connectivity index (χ2n) is 9.14. The predicted molar refractivity (Wildman–Crippen MR) is 148 cm³/mol. The lowest BCUT2D eigenvalue weighted by molar-refractivity contribution is 0.0600. The predicted octanol–water partition coefficient (Wildman–Crippen LogP) is 3.98. The lowest BCUT2D eigenvalue weighted by Crippen LogP contribution is -2.41. The third-order valence-electron chi connectivity index (χ3n) is 6.84. The van der Waals surface area contributed by atoms with Gasteiger partial charge in [0, 0.05) is 19.3 Å². The number of amides is 1. The van der Waals surface area contributed by atoms with Gasteiger partial charge in [-0.15, -0.1) is 0 Å². The van der Waals surface area contributed by atoms with Crippen molar-refractivity contribution in [2.75, 3.05) is 31.0 Å². The summed E-state index contributed by atoms with van der Waals surface area (Å²) in [7, 11) is 4.32. The van der Waals surface area contributed by atoms with Crippen molar-refractivity contribution in [1.29, 1.82) is 0 Å². The van der Waals surface area contributed by atoms with Crippen molar-refractivity contribution < 1.29 is 19.1 Å². The molecule has 4 aromatic rings. The number of para-hydroxylation sites is 1. The minimum atomic E-state index is -0.548. The van der Waals surface area contributed by atoms with E-state index in [9.17, 15) is 14.4 Å². The number of hydrogen-bond acceptors (Lipinski definition) is 7. The Balaban J connectivity index is 1.64. The summed E-state index contributed by atoms with van der Waals surface area (Å²) in [6, 6.07) is 24.0. The number of nitrogens with zero attached hydrogens (tertiary/aromatic N) is 3. The molecule has 1 aliphatic rings. The number of rotatable bonds is 6. The summed E-state index contributed by atoms with van der Waals surface area (Å²) in [5.74, 6) is -0.750. The number of fused-ring (bicyclic) bond motifs is 1. The van der Waals surface area contributed by atoms with Gasteiger partial charge in [-0.2, -0.15) is 0 Å². The van der Waals surface area contributed by atoms with Crippen LogP contribution in [-0.2, 0) is 18.2 Å². The van der Waals surface area contributed by atoms with E-state index >= 15 is 0 Å². The maximum absolute atomic E-state index is 13.4. The molecule has 9 heteroatoms. The van der Waals surface area contributed by atoms with Gasteiger partial charge in [-0.05, 0) is 47.4 Å². The highest BCUT2D eigenvalue weighted by molar-refractivity contribution is 6.04. The van der Waals surface area contributed by atoms with Crippen molar-refractivity contribution in [2.45, 2.75) is 12.5 Å². The Labute approximate surface area is 225 Å². The van der Waals surface area contributed by atoms with Gasteiger partial charge in [-0.1, -0.05) is 54.6 Å². The third-order valence-corrected chi connectivity index (χ3v) is 6.84. The molecule has 0 bridgehead atoms. The van der Waals surface area contributed by atoms with Gasteiger partial charge in [0.25, 0.3) is 11.5 Å². The number of esters is 1. The number of nitrogens with one attached hydrogen (secondary N) is 1. The maximum Gasteiger partial charge on any atom is 0.337 e. The minimum absolute atomic E-state index is 0.0990. The number of carbonyl (C=O) groups excluding carboxylic acids is 2. The molecule has 0 radical (unpaired) electrons. The zero-order chi connectivity index (χ0) is 27.5. The molecule has 0 spiro atoms. The number of carbonyl (C=O) groups is 2. The smallest absolute Gasteiger partial charge is 0.337 e. The van der Waals surface area contributed by atoms with E-state index in [0.717, 1.165) is 16.7 Å². The van der Waals surface area contributed by atoms with Crippen LogP contribution in [0.3, 0.4) is 0 Å². The van der Waals surface area contributed by atoms with Crippen LogP contribution in [0.2, 0.25) is 0 Å². The largest absolute Gasteiger partial charge is 0.489 e. The summed E-state index contributed by atoms with van der Waals surface area (Å²) < 4.78 is 11.7. The average Bonchev–Trinajstić information content (AvgIpc) is 2.98. The van der Waals surface area contributed by atoms with Crippen molar-refractivity contribution in [1.82, 2.24) is 9.55 Å². The molecule has 1 N–H and O–H groups in total. The highest BCUT2D eigenvalue weighted by Crippen LogP contribution is 2.38. The molecule has 0 aliphatic carbocycles. The van der Waals surface area contributed by atoms with Crippen LogP contribution in [0.1, 0.15) is 43.6 Å². The monoisotopic (exact) mass is 524 g/mol. The van der Waals surface area contributed by atoms with Gasteiger partial charge in [0.15, 0.2) is 5.69 Å². The molecule has 0 saturated heterocycles. The molecular weight excluding hydrogens is 496 g/mol. The van der Waals surface area contributed by atoms with E-state index in [1.54, 1.807) is 37.4 Å². The number of hydrogen-bond donors (Lipinski definition) is 1. The van der Waals surface area contributed by atoms with Gasteiger partial charge in [0.05, 0.1) is 25.8 Å². The Morgan fingerprint density at radius 2 is 1.67 bits per heavy atom. The van der Waals surface area contributed by atoms with Crippen LogP contribution in [0.15, 0.2) is 83.7 Å². The minimum Gasteiger partial charge on any atom is -0.489 e. The quantitative estimate of drug-likeness (QED) is 0.381. The van der Waals surface area contributed by atoms with E-state index < -0.39 is 17.4 Å². The summed E-state index contributed by atoms with van der Waals surface area (Å²) in [4.78, 5) is 45.6. The maximum atomic E-state index is 13.4. The van der Waals surface area contributed by atoms with Crippen molar-refractivity contribution in [3.05, 3.63) is 117 Å². The van der Waals surface area contributed by atoms with E-state index in [1.807, 2.05) is 53.4 Å². The Hall–Kier alpha value is -4.92. The van der Waals surface area contributed by atoms with Gasteiger partial charge in [-0.25, -0.2) is 9.78 Å². The molecule has 0 unspecified atom stereocenters. The molecule has 1 aliphatic heterocycles. The van der Waals surface area contributed by atoms with Gasteiger partial charge in [0.1, 0.15) is 0 Å². The first-order chi connectivity index (χ1) is 18.9. The highest BCUT2D eigenvalue weighted by Gasteiger charge is 2.33. The van der Waals surface area contributed by atoms with Crippen LogP contribution >= 0.6 is 0 Å². The first kappa shape index (κ1) is 25.7. The van der Waals surface area contributed by atoms with Crippen LogP contribution in [0, 0.1) is 0 Å². The van der Waals surface area contributed by atoms with Crippen molar-refractivity contribution in [3.63, 3.8) is 0 Å². The molecule has 0 fully saturated rings. The number of aromatic nitrogens is 2. The first-order valence-electron chi connectivity index (χ1n) is 12.5. The van der Waals surface area contributed by atoms with E-state index in [4.69, 9.17) is 14.5 Å². The van der Waals surface area contributed by atoms with E-state index in [2.05, 4.69) is 5.32 Å². The molecule has 5 rings (SSSR count). The zero-order valence-electron chi connectivity index (χ0n) is 21.9. The normalized spacial score (nSPS) is 14.3. The third kappa shape index (κ3) is 4.86. The molecule has 1 aromatic heterocycles. The van der Waals surface area contributed by atoms with Gasteiger partial charge in [0.2, 0.25) is 11.7 Å². The second-order valence-corrected chi connectivity index (χ2v) is 9.14. The topological polar surface area (TPSA) is 103 Å². The Morgan fingerprint density at radius 3 is 2.33 bits per heavy atom. The van der Waals surface area contributed by atoms with Crippen LogP contribution in [-0.4, -0.2) is 42.2 Å². The highest BCUT2D eigenvalue weighted by atomic mass is 16.5. The molecule has 198 valence electrons.